The first-order valence-corrected chi connectivity index (χ1v) is 6.64. The van der Waals surface area contributed by atoms with Gasteiger partial charge in [-0.2, -0.15) is 0 Å². The van der Waals surface area contributed by atoms with Crippen molar-refractivity contribution in [2.75, 3.05) is 6.54 Å². The molecule has 0 fully saturated rings. The Balaban J connectivity index is 0.00000180. The molecule has 0 aromatic heterocycles. The van der Waals surface area contributed by atoms with Gasteiger partial charge in [0.25, 0.3) is 0 Å². The van der Waals surface area contributed by atoms with Gasteiger partial charge in [-0.1, -0.05) is 67.1 Å². The number of hydrogen-bond donors (Lipinski definition) is 1. The molecule has 0 amide bonds. The van der Waals surface area contributed by atoms with Crippen molar-refractivity contribution in [3.63, 3.8) is 0 Å². The number of hydrogen-bond acceptors (Lipinski definition) is 1. The molecule has 1 nitrogen and oxygen atoms in total. The molecule has 1 N–H and O–H groups in total. The van der Waals surface area contributed by atoms with E-state index in [0.717, 1.165) is 23.7 Å². The predicted octanol–water partition coefficient (Wildman–Crippen LogP) is 4.66. The van der Waals surface area contributed by atoms with Gasteiger partial charge in [0.1, 0.15) is 0 Å². The van der Waals surface area contributed by atoms with Crippen molar-refractivity contribution in [1.82, 2.24) is 5.32 Å². The van der Waals surface area contributed by atoms with Crippen molar-refractivity contribution in [2.45, 2.75) is 19.4 Å². The minimum absolute atomic E-state index is 0. The highest BCUT2D eigenvalue weighted by atomic mass is 35.5. The number of benzene rings is 2. The molecule has 0 aliphatic rings. The van der Waals surface area contributed by atoms with E-state index in [9.17, 15) is 0 Å². The normalized spacial score (nSPS) is 11.7. The fourth-order valence-corrected chi connectivity index (χ4v) is 2.17. The predicted molar refractivity (Wildman–Crippen MR) is 85.3 cm³/mol. The van der Waals surface area contributed by atoms with Crippen LogP contribution in [0.15, 0.2) is 54.6 Å². The molecule has 0 bridgehead atoms. The van der Waals surface area contributed by atoms with Crippen LogP contribution >= 0.6 is 24.0 Å². The first kappa shape index (κ1) is 16.0. The van der Waals surface area contributed by atoms with Crippen LogP contribution in [-0.4, -0.2) is 6.54 Å². The van der Waals surface area contributed by atoms with Crippen LogP contribution in [0.2, 0.25) is 5.02 Å². The smallest absolute Gasteiger partial charge is 0.0450 e. The van der Waals surface area contributed by atoms with E-state index in [1.807, 2.05) is 24.3 Å². The van der Waals surface area contributed by atoms with Gasteiger partial charge in [0.05, 0.1) is 0 Å². The Morgan fingerprint density at radius 1 is 1.00 bits per heavy atom. The molecule has 2 rings (SSSR count). The van der Waals surface area contributed by atoms with Gasteiger partial charge < -0.3 is 5.32 Å². The molecule has 0 saturated carbocycles. The lowest BCUT2D eigenvalue weighted by Gasteiger charge is -2.13. The summed E-state index contributed by atoms with van der Waals surface area (Å²) >= 11 is 6.12. The van der Waals surface area contributed by atoms with Crippen LogP contribution in [0.5, 0.6) is 0 Å². The van der Waals surface area contributed by atoms with Crippen molar-refractivity contribution in [1.29, 1.82) is 0 Å². The third kappa shape index (κ3) is 4.87. The van der Waals surface area contributed by atoms with Crippen LogP contribution in [0.3, 0.4) is 0 Å². The molecule has 0 spiro atoms. The zero-order chi connectivity index (χ0) is 12.8. The standard InChI is InChI=1S/C16H18ClN.ClH/c1-13(14-7-3-2-4-8-14)11-18-12-15-9-5-6-10-16(15)17;/h2-10,13,18H,11-12H2,1H3;1H. The average molecular weight is 296 g/mol. The van der Waals surface area contributed by atoms with Crippen LogP contribution in [0.4, 0.5) is 0 Å². The van der Waals surface area contributed by atoms with Crippen molar-refractivity contribution < 1.29 is 0 Å². The van der Waals surface area contributed by atoms with E-state index in [-0.39, 0.29) is 12.4 Å². The minimum atomic E-state index is 0. The summed E-state index contributed by atoms with van der Waals surface area (Å²) in [5.41, 5.74) is 2.52. The molecule has 0 heterocycles. The molecule has 0 aliphatic carbocycles. The van der Waals surface area contributed by atoms with Gasteiger partial charge in [-0.3, -0.25) is 0 Å². The minimum Gasteiger partial charge on any atom is -0.312 e. The monoisotopic (exact) mass is 295 g/mol. The number of halogens is 2. The summed E-state index contributed by atoms with van der Waals surface area (Å²) in [5.74, 6) is 0.508. The van der Waals surface area contributed by atoms with E-state index in [1.165, 1.54) is 5.56 Å². The summed E-state index contributed by atoms with van der Waals surface area (Å²) < 4.78 is 0. The van der Waals surface area contributed by atoms with Crippen molar-refractivity contribution in [2.24, 2.45) is 0 Å². The lowest BCUT2D eigenvalue weighted by atomic mass is 10.0. The maximum atomic E-state index is 6.12. The Morgan fingerprint density at radius 2 is 1.63 bits per heavy atom. The van der Waals surface area contributed by atoms with E-state index in [1.54, 1.807) is 0 Å². The highest BCUT2D eigenvalue weighted by Gasteiger charge is 2.04. The second-order valence-corrected chi connectivity index (χ2v) is 4.94. The fourth-order valence-electron chi connectivity index (χ4n) is 1.96. The molecule has 0 aliphatic heterocycles. The Morgan fingerprint density at radius 3 is 2.32 bits per heavy atom. The molecule has 102 valence electrons. The van der Waals surface area contributed by atoms with E-state index in [0.29, 0.717) is 5.92 Å². The number of nitrogens with one attached hydrogen (secondary N) is 1. The molecule has 1 unspecified atom stereocenters. The Labute approximate surface area is 126 Å². The molecule has 1 atom stereocenters. The topological polar surface area (TPSA) is 12.0 Å². The molecule has 2 aromatic carbocycles. The van der Waals surface area contributed by atoms with E-state index in [4.69, 9.17) is 11.6 Å². The highest BCUT2D eigenvalue weighted by Crippen LogP contribution is 2.16. The summed E-state index contributed by atoms with van der Waals surface area (Å²) in [4.78, 5) is 0. The Bertz CT molecular complexity index is 485. The maximum absolute atomic E-state index is 6.12. The van der Waals surface area contributed by atoms with Crippen LogP contribution in [0.1, 0.15) is 24.0 Å². The van der Waals surface area contributed by atoms with Crippen LogP contribution < -0.4 is 5.32 Å². The van der Waals surface area contributed by atoms with E-state index in [2.05, 4.69) is 42.6 Å². The number of rotatable bonds is 5. The summed E-state index contributed by atoms with van der Waals surface area (Å²) in [6.45, 7) is 4.00. The van der Waals surface area contributed by atoms with Crippen LogP contribution in [0, 0.1) is 0 Å². The molecule has 0 radical (unpaired) electrons. The second kappa shape index (κ2) is 8.21. The second-order valence-electron chi connectivity index (χ2n) is 4.53. The summed E-state index contributed by atoms with van der Waals surface area (Å²) in [6, 6.07) is 18.5. The quantitative estimate of drug-likeness (QED) is 0.846. The zero-order valence-corrected chi connectivity index (χ0v) is 12.5. The fraction of sp³-hybridized carbons (Fsp3) is 0.250. The van der Waals surface area contributed by atoms with Gasteiger partial charge >= 0.3 is 0 Å². The van der Waals surface area contributed by atoms with Gasteiger partial charge in [-0.25, -0.2) is 0 Å². The summed E-state index contributed by atoms with van der Waals surface area (Å²) in [5, 5.41) is 4.29. The van der Waals surface area contributed by atoms with Gasteiger partial charge in [0, 0.05) is 18.1 Å². The van der Waals surface area contributed by atoms with Crippen molar-refractivity contribution >= 4 is 24.0 Å². The molecule has 3 heteroatoms. The Hall–Kier alpha value is -1.02. The SMILES string of the molecule is CC(CNCc1ccccc1Cl)c1ccccc1.Cl. The molecule has 2 aromatic rings. The highest BCUT2D eigenvalue weighted by molar-refractivity contribution is 6.31. The molecule has 19 heavy (non-hydrogen) atoms. The van der Waals surface area contributed by atoms with Crippen molar-refractivity contribution in [3.8, 4) is 0 Å². The summed E-state index contributed by atoms with van der Waals surface area (Å²) in [6.07, 6.45) is 0. The maximum Gasteiger partial charge on any atom is 0.0450 e. The molecular weight excluding hydrogens is 277 g/mol. The van der Waals surface area contributed by atoms with Gasteiger partial charge in [0.15, 0.2) is 0 Å². The zero-order valence-electron chi connectivity index (χ0n) is 11.0. The van der Waals surface area contributed by atoms with Gasteiger partial charge in [-0.15, -0.1) is 12.4 Å². The molecular formula is C16H19Cl2N. The molecule has 0 saturated heterocycles. The van der Waals surface area contributed by atoms with Gasteiger partial charge in [-0.05, 0) is 23.1 Å². The average Bonchev–Trinajstić information content (AvgIpc) is 2.42. The lowest BCUT2D eigenvalue weighted by Crippen LogP contribution is -2.19. The van der Waals surface area contributed by atoms with Crippen molar-refractivity contribution in [3.05, 3.63) is 70.7 Å². The lowest BCUT2D eigenvalue weighted by molar-refractivity contribution is 0.615. The first-order valence-electron chi connectivity index (χ1n) is 6.26. The van der Waals surface area contributed by atoms with E-state index >= 15 is 0 Å². The summed E-state index contributed by atoms with van der Waals surface area (Å²) in [7, 11) is 0. The van der Waals surface area contributed by atoms with Gasteiger partial charge in [0.2, 0.25) is 0 Å². The van der Waals surface area contributed by atoms with E-state index < -0.39 is 0 Å². The third-order valence-corrected chi connectivity index (χ3v) is 3.46. The van der Waals surface area contributed by atoms with Crippen LogP contribution in [0.25, 0.3) is 0 Å². The third-order valence-electron chi connectivity index (χ3n) is 3.09. The first-order chi connectivity index (χ1) is 8.77. The largest absolute Gasteiger partial charge is 0.312 e. The Kier molecular flexibility index (Phi) is 6.93. The van der Waals surface area contributed by atoms with Crippen LogP contribution in [-0.2, 0) is 6.54 Å².